The van der Waals surface area contributed by atoms with Crippen LogP contribution in [0, 0.1) is 0 Å². The summed E-state index contributed by atoms with van der Waals surface area (Å²) in [5.41, 5.74) is 1.26. The zero-order valence-corrected chi connectivity index (χ0v) is 14.5. The Morgan fingerprint density at radius 2 is 1.87 bits per heavy atom. The first-order valence-electron chi connectivity index (χ1n) is 7.34. The van der Waals surface area contributed by atoms with Crippen molar-refractivity contribution in [1.82, 2.24) is 10.2 Å². The molecule has 0 aliphatic carbocycles. The van der Waals surface area contributed by atoms with Crippen LogP contribution in [0.25, 0.3) is 0 Å². The number of carbonyl (C=O) groups is 1. The van der Waals surface area contributed by atoms with E-state index in [0.717, 1.165) is 35.7 Å². The number of piperazine rings is 1. The summed E-state index contributed by atoms with van der Waals surface area (Å²) >= 11 is 2.90. The number of nitrogens with zero attached hydrogens (tertiary/aromatic N) is 4. The molecule has 1 aromatic carbocycles. The zero-order valence-electron chi connectivity index (χ0n) is 12.8. The average molecular weight is 350 g/mol. The number of ether oxygens (including phenoxy) is 1. The van der Waals surface area contributed by atoms with E-state index < -0.39 is 0 Å². The molecule has 3 rings (SSSR count). The van der Waals surface area contributed by atoms with Gasteiger partial charge in [0.15, 0.2) is 4.34 Å². The normalized spacial score (nSPS) is 14.8. The molecule has 6 nitrogen and oxygen atoms in total. The summed E-state index contributed by atoms with van der Waals surface area (Å²) < 4.78 is 5.43. The number of rotatable bonds is 5. The summed E-state index contributed by atoms with van der Waals surface area (Å²) in [6, 6.07) is 10.5. The summed E-state index contributed by atoms with van der Waals surface area (Å²) in [4.78, 5) is 15.8. The number of anilines is 2. The van der Waals surface area contributed by atoms with Crippen molar-refractivity contribution in [3.8, 4) is 0 Å². The molecule has 1 saturated heterocycles. The lowest BCUT2D eigenvalue weighted by Crippen LogP contribution is -2.46. The maximum atomic E-state index is 11.2. The van der Waals surface area contributed by atoms with Gasteiger partial charge in [-0.2, -0.15) is 0 Å². The molecule has 0 spiro atoms. The second-order valence-electron chi connectivity index (χ2n) is 5.02. The number of thioether (sulfide) groups is 1. The molecule has 0 N–H and O–H groups in total. The Labute approximate surface area is 143 Å². The molecule has 0 unspecified atom stereocenters. The monoisotopic (exact) mass is 350 g/mol. The standard InChI is InChI=1S/C15H18N4O2S2/c1-21-13(20)11-22-15-17-16-14(23-15)19-9-7-18(8-10-19)12-5-3-2-4-6-12/h2-6H,7-11H2,1H3. The molecule has 0 bridgehead atoms. The van der Waals surface area contributed by atoms with E-state index in [1.165, 1.54) is 35.9 Å². The lowest BCUT2D eigenvalue weighted by molar-refractivity contribution is -0.137. The molecule has 1 aromatic heterocycles. The fraction of sp³-hybridized carbons (Fsp3) is 0.400. The van der Waals surface area contributed by atoms with Gasteiger partial charge in [-0.1, -0.05) is 41.3 Å². The summed E-state index contributed by atoms with van der Waals surface area (Å²) in [6.07, 6.45) is 0. The van der Waals surface area contributed by atoms with Crippen molar-refractivity contribution in [1.29, 1.82) is 0 Å². The minimum Gasteiger partial charge on any atom is -0.468 e. The predicted octanol–water partition coefficient (Wildman–Crippen LogP) is 2.13. The minimum absolute atomic E-state index is 0.247. The fourth-order valence-electron chi connectivity index (χ4n) is 2.36. The van der Waals surface area contributed by atoms with Gasteiger partial charge in [-0.05, 0) is 12.1 Å². The van der Waals surface area contributed by atoms with Gasteiger partial charge in [-0.15, -0.1) is 10.2 Å². The molecule has 1 aliphatic heterocycles. The maximum absolute atomic E-state index is 11.2. The first-order valence-corrected chi connectivity index (χ1v) is 9.14. The van der Waals surface area contributed by atoms with Crippen LogP contribution in [0.15, 0.2) is 34.7 Å². The molecule has 23 heavy (non-hydrogen) atoms. The summed E-state index contributed by atoms with van der Waals surface area (Å²) in [6.45, 7) is 3.78. The van der Waals surface area contributed by atoms with Gasteiger partial charge in [0.1, 0.15) is 0 Å². The highest BCUT2D eigenvalue weighted by Crippen LogP contribution is 2.29. The SMILES string of the molecule is COC(=O)CSc1nnc(N2CCN(c3ccccc3)CC2)s1. The fourth-order valence-corrected chi connectivity index (χ4v) is 4.09. The molecule has 0 saturated carbocycles. The lowest BCUT2D eigenvalue weighted by Gasteiger charge is -2.35. The Hall–Kier alpha value is -1.80. The second-order valence-corrected chi connectivity index (χ2v) is 7.20. The summed E-state index contributed by atoms with van der Waals surface area (Å²) in [5.74, 6) is 0.0237. The Morgan fingerprint density at radius 1 is 1.17 bits per heavy atom. The quantitative estimate of drug-likeness (QED) is 0.605. The van der Waals surface area contributed by atoms with Gasteiger partial charge in [-0.25, -0.2) is 0 Å². The van der Waals surface area contributed by atoms with Crippen molar-refractivity contribution >= 4 is 39.9 Å². The van der Waals surface area contributed by atoms with E-state index >= 15 is 0 Å². The Kier molecular flexibility index (Phi) is 5.35. The van der Waals surface area contributed by atoms with Crippen molar-refractivity contribution in [2.75, 3.05) is 48.8 Å². The number of carbonyl (C=O) groups excluding carboxylic acids is 1. The van der Waals surface area contributed by atoms with E-state index in [-0.39, 0.29) is 11.7 Å². The van der Waals surface area contributed by atoms with Gasteiger partial charge in [0.05, 0.1) is 12.9 Å². The number of benzene rings is 1. The highest BCUT2D eigenvalue weighted by atomic mass is 32.2. The van der Waals surface area contributed by atoms with Crippen molar-refractivity contribution in [2.24, 2.45) is 0 Å². The van der Waals surface area contributed by atoms with E-state index in [9.17, 15) is 4.79 Å². The molecule has 8 heteroatoms. The summed E-state index contributed by atoms with van der Waals surface area (Å²) in [7, 11) is 1.39. The van der Waals surface area contributed by atoms with E-state index in [0.29, 0.717) is 0 Å². The van der Waals surface area contributed by atoms with Crippen LogP contribution in [0.5, 0.6) is 0 Å². The molecule has 2 heterocycles. The number of para-hydroxylation sites is 1. The van der Waals surface area contributed by atoms with Gasteiger partial charge in [0, 0.05) is 31.9 Å². The van der Waals surface area contributed by atoms with Crippen LogP contribution < -0.4 is 9.80 Å². The van der Waals surface area contributed by atoms with Gasteiger partial charge >= 0.3 is 5.97 Å². The third-order valence-corrected chi connectivity index (χ3v) is 5.70. The molecule has 0 radical (unpaired) electrons. The van der Waals surface area contributed by atoms with Crippen LogP contribution in [0.1, 0.15) is 0 Å². The van der Waals surface area contributed by atoms with Gasteiger partial charge < -0.3 is 14.5 Å². The second kappa shape index (κ2) is 7.65. The van der Waals surface area contributed by atoms with Crippen LogP contribution in [-0.4, -0.2) is 55.2 Å². The Balaban J connectivity index is 1.54. The van der Waals surface area contributed by atoms with Crippen molar-refractivity contribution in [3.63, 3.8) is 0 Å². The van der Waals surface area contributed by atoms with Crippen molar-refractivity contribution in [3.05, 3.63) is 30.3 Å². The van der Waals surface area contributed by atoms with E-state index in [1.54, 1.807) is 0 Å². The van der Waals surface area contributed by atoms with Gasteiger partial charge in [-0.3, -0.25) is 4.79 Å². The number of hydrogen-bond donors (Lipinski definition) is 0. The van der Waals surface area contributed by atoms with E-state index in [4.69, 9.17) is 0 Å². The Morgan fingerprint density at radius 3 is 2.57 bits per heavy atom. The number of esters is 1. The van der Waals surface area contributed by atoms with Crippen molar-refractivity contribution < 1.29 is 9.53 Å². The van der Waals surface area contributed by atoms with Gasteiger partial charge in [0.2, 0.25) is 5.13 Å². The average Bonchev–Trinajstić information content (AvgIpc) is 3.09. The zero-order chi connectivity index (χ0) is 16.1. The minimum atomic E-state index is -0.247. The van der Waals surface area contributed by atoms with Crippen LogP contribution >= 0.6 is 23.1 Å². The molecule has 0 atom stereocenters. The van der Waals surface area contributed by atoms with Crippen LogP contribution in [0.3, 0.4) is 0 Å². The predicted molar refractivity (Wildman–Crippen MR) is 93.5 cm³/mol. The molecule has 1 aliphatic rings. The number of hydrogen-bond acceptors (Lipinski definition) is 8. The smallest absolute Gasteiger partial charge is 0.316 e. The number of aromatic nitrogens is 2. The third kappa shape index (κ3) is 4.14. The van der Waals surface area contributed by atoms with Gasteiger partial charge in [0.25, 0.3) is 0 Å². The third-order valence-electron chi connectivity index (χ3n) is 3.61. The molecule has 0 amide bonds. The first kappa shape index (κ1) is 16.1. The molecule has 122 valence electrons. The van der Waals surface area contributed by atoms with Crippen LogP contribution in [0.2, 0.25) is 0 Å². The highest BCUT2D eigenvalue weighted by molar-refractivity contribution is 8.01. The topological polar surface area (TPSA) is 58.6 Å². The highest BCUT2D eigenvalue weighted by Gasteiger charge is 2.20. The van der Waals surface area contributed by atoms with E-state index in [2.05, 4.69) is 49.0 Å². The lowest BCUT2D eigenvalue weighted by atomic mass is 10.2. The Bertz CT molecular complexity index is 642. The first-order chi connectivity index (χ1) is 11.3. The molecule has 2 aromatic rings. The maximum Gasteiger partial charge on any atom is 0.316 e. The molecular formula is C15H18N4O2S2. The number of methoxy groups -OCH3 is 1. The summed E-state index contributed by atoms with van der Waals surface area (Å²) in [5, 5.41) is 9.31. The van der Waals surface area contributed by atoms with Crippen LogP contribution in [-0.2, 0) is 9.53 Å². The van der Waals surface area contributed by atoms with Crippen molar-refractivity contribution in [2.45, 2.75) is 4.34 Å². The largest absolute Gasteiger partial charge is 0.468 e. The van der Waals surface area contributed by atoms with Crippen LogP contribution in [0.4, 0.5) is 10.8 Å². The molecule has 1 fully saturated rings. The molecular weight excluding hydrogens is 332 g/mol. The van der Waals surface area contributed by atoms with E-state index in [1.807, 2.05) is 6.07 Å².